The molecule has 1 fully saturated rings. The molecule has 1 saturated heterocycles. The second-order valence-corrected chi connectivity index (χ2v) is 9.90. The van der Waals surface area contributed by atoms with Gasteiger partial charge in [0, 0.05) is 0 Å². The van der Waals surface area contributed by atoms with Crippen molar-refractivity contribution in [3.05, 3.63) is 69.8 Å². The summed E-state index contributed by atoms with van der Waals surface area (Å²) >= 11 is 0.249. The van der Waals surface area contributed by atoms with Gasteiger partial charge in [0.25, 0.3) is 0 Å². The number of carbonyl (C=O) groups excluding carboxylic acids is 1. The number of hydrogen-bond acceptors (Lipinski definition) is 4. The van der Waals surface area contributed by atoms with Crippen LogP contribution < -0.4 is 32.1 Å². The van der Waals surface area contributed by atoms with Gasteiger partial charge < -0.3 is 0 Å². The van der Waals surface area contributed by atoms with E-state index in [2.05, 4.69) is 21.5 Å². The number of H-pyrrole nitrogens is 1. The molecule has 148 valence electrons. The van der Waals surface area contributed by atoms with Gasteiger partial charge in [-0.05, 0) is 24.6 Å². The Kier molecular flexibility index (Phi) is 5.49. The number of carbonyl (C=O) groups is 1. The number of aryl methyl sites for hydroxylation is 1. The number of halogens is 1. The van der Waals surface area contributed by atoms with Crippen molar-refractivity contribution in [1.29, 1.82) is 5.26 Å². The standard InChI is InChI=1S/C21H19IN5O2/c1-13-8-14(10-23)2-4-17(13)18-12-25-27(21(18)29)19-5-3-15(11-24-19)20(28)26-16-6-7-22-9-16/h2-5,8,11-12,16,25H,6-7,9H2,1H3,(H,26,28)/q-1/t16-/m1/s1. The average Bonchev–Trinajstić information content (AvgIpc) is 3.38. The molecule has 2 N–H and O–H groups in total. The first-order chi connectivity index (χ1) is 14.1. The number of pyridine rings is 1. The molecule has 0 spiro atoms. The topological polar surface area (TPSA) is 104 Å². The molecule has 1 amide bonds. The molecule has 0 aliphatic carbocycles. The molecule has 1 aromatic carbocycles. The van der Waals surface area contributed by atoms with Gasteiger partial charge in [-0.2, -0.15) is 5.26 Å². The van der Waals surface area contributed by atoms with Crippen LogP contribution in [-0.2, 0) is 0 Å². The van der Waals surface area contributed by atoms with Crippen molar-refractivity contribution < 1.29 is 26.0 Å². The third-order valence-corrected chi connectivity index (χ3v) is 7.95. The van der Waals surface area contributed by atoms with E-state index in [1.54, 1.807) is 36.5 Å². The third-order valence-electron chi connectivity index (χ3n) is 4.88. The number of rotatable bonds is 4. The van der Waals surface area contributed by atoms with Crippen LogP contribution in [-0.4, -0.2) is 35.6 Å². The second-order valence-electron chi connectivity index (χ2n) is 6.87. The molecule has 0 bridgehead atoms. The van der Waals surface area contributed by atoms with Gasteiger partial charge >= 0.3 is 131 Å². The van der Waals surface area contributed by atoms with Gasteiger partial charge in [0.2, 0.25) is 0 Å². The average molecular weight is 500 g/mol. The first kappa shape index (κ1) is 19.4. The van der Waals surface area contributed by atoms with Crippen LogP contribution in [0, 0.1) is 18.3 Å². The summed E-state index contributed by atoms with van der Waals surface area (Å²) < 4.78 is 3.74. The van der Waals surface area contributed by atoms with E-state index in [0.717, 1.165) is 22.0 Å². The maximum atomic E-state index is 12.9. The van der Waals surface area contributed by atoms with Crippen LogP contribution >= 0.6 is 0 Å². The Bertz CT molecular complexity index is 1150. The molecule has 4 rings (SSSR count). The third kappa shape index (κ3) is 3.96. The SMILES string of the molecule is Cc1cc(C#N)ccc1-c1c[nH]n(-c2ccc(C(=O)N[C@@H]3CC[I-]C3)cn2)c1=O. The Hall–Kier alpha value is -2.93. The summed E-state index contributed by atoms with van der Waals surface area (Å²) in [6.07, 6.45) is 4.19. The molecule has 1 aliphatic heterocycles. The molecule has 0 saturated carbocycles. The first-order valence-electron chi connectivity index (χ1n) is 9.19. The van der Waals surface area contributed by atoms with Crippen LogP contribution in [0.4, 0.5) is 0 Å². The fraction of sp³-hybridized carbons (Fsp3) is 0.238. The van der Waals surface area contributed by atoms with Gasteiger partial charge in [0.05, 0.1) is 11.6 Å². The number of nitrogens with one attached hydrogen (secondary N) is 2. The molecule has 3 heterocycles. The molecule has 0 radical (unpaired) electrons. The minimum absolute atomic E-state index is 0.118. The van der Waals surface area contributed by atoms with Gasteiger partial charge in [-0.1, -0.05) is 6.07 Å². The zero-order valence-corrected chi connectivity index (χ0v) is 17.9. The number of alkyl halides is 2. The summed E-state index contributed by atoms with van der Waals surface area (Å²) in [5.41, 5.74) is 2.91. The zero-order valence-electron chi connectivity index (χ0n) is 15.8. The Labute approximate surface area is 178 Å². The van der Waals surface area contributed by atoms with Gasteiger partial charge in [-0.15, -0.1) is 0 Å². The molecule has 2 aromatic heterocycles. The summed E-state index contributed by atoms with van der Waals surface area (Å²) in [7, 11) is 0. The molecule has 3 aromatic rings. The number of benzene rings is 1. The molecular weight excluding hydrogens is 481 g/mol. The van der Waals surface area contributed by atoms with Gasteiger partial charge in [-0.25, -0.2) is 0 Å². The predicted octanol–water partition coefficient (Wildman–Crippen LogP) is -1.00. The Morgan fingerprint density at radius 2 is 2.21 bits per heavy atom. The van der Waals surface area contributed by atoms with Gasteiger partial charge in [0.1, 0.15) is 0 Å². The number of aromatic nitrogens is 3. The number of amides is 1. The zero-order chi connectivity index (χ0) is 20.4. The normalized spacial score (nSPS) is 16.1. The minimum atomic E-state index is -0.239. The van der Waals surface area contributed by atoms with Crippen LogP contribution in [0.2, 0.25) is 0 Å². The fourth-order valence-corrected chi connectivity index (χ4v) is 6.34. The monoisotopic (exact) mass is 500 g/mol. The van der Waals surface area contributed by atoms with Crippen molar-refractivity contribution in [3.63, 3.8) is 0 Å². The van der Waals surface area contributed by atoms with E-state index in [-0.39, 0.29) is 32.7 Å². The van der Waals surface area contributed by atoms with E-state index >= 15 is 0 Å². The van der Waals surface area contributed by atoms with Crippen molar-refractivity contribution in [2.75, 3.05) is 8.86 Å². The summed E-state index contributed by atoms with van der Waals surface area (Å²) in [6, 6.07) is 10.9. The van der Waals surface area contributed by atoms with Crippen molar-refractivity contribution >= 4 is 5.91 Å². The van der Waals surface area contributed by atoms with Gasteiger partial charge in [-0.3, -0.25) is 0 Å². The summed E-state index contributed by atoms with van der Waals surface area (Å²) in [6.45, 7) is 1.87. The molecule has 0 unspecified atom stereocenters. The quantitative estimate of drug-likeness (QED) is 0.355. The van der Waals surface area contributed by atoms with Crippen LogP contribution in [0.3, 0.4) is 0 Å². The summed E-state index contributed by atoms with van der Waals surface area (Å²) in [5.74, 6) is 0.295. The second kappa shape index (κ2) is 8.21. The Morgan fingerprint density at radius 3 is 2.86 bits per heavy atom. The maximum absolute atomic E-state index is 12.9. The number of nitriles is 1. The van der Waals surface area contributed by atoms with E-state index in [4.69, 9.17) is 5.26 Å². The van der Waals surface area contributed by atoms with Crippen molar-refractivity contribution in [1.82, 2.24) is 20.1 Å². The molecule has 1 aliphatic rings. The number of nitrogens with zero attached hydrogens (tertiary/aromatic N) is 3. The van der Waals surface area contributed by atoms with E-state index in [1.807, 2.05) is 6.92 Å². The fourth-order valence-electron chi connectivity index (χ4n) is 3.30. The Balaban J connectivity index is 1.57. The van der Waals surface area contributed by atoms with Crippen molar-refractivity contribution in [2.45, 2.75) is 19.4 Å². The van der Waals surface area contributed by atoms with E-state index < -0.39 is 0 Å². The van der Waals surface area contributed by atoms with Crippen molar-refractivity contribution in [3.8, 4) is 23.0 Å². The van der Waals surface area contributed by atoms with Gasteiger partial charge in [0.15, 0.2) is 0 Å². The number of hydrogen-bond donors (Lipinski definition) is 2. The molecule has 7 nitrogen and oxygen atoms in total. The molecule has 29 heavy (non-hydrogen) atoms. The number of aromatic amines is 1. The summed E-state index contributed by atoms with van der Waals surface area (Å²) in [5, 5.41) is 15.0. The van der Waals surface area contributed by atoms with E-state index in [1.165, 1.54) is 15.3 Å². The van der Waals surface area contributed by atoms with Crippen LogP contribution in [0.25, 0.3) is 16.9 Å². The van der Waals surface area contributed by atoms with Crippen LogP contribution in [0.15, 0.2) is 47.5 Å². The molecular formula is C21H19IN5O2-. The molecule has 8 heteroatoms. The predicted molar refractivity (Wildman–Crippen MR) is 105 cm³/mol. The van der Waals surface area contributed by atoms with Crippen molar-refractivity contribution in [2.24, 2.45) is 0 Å². The molecule has 1 atom stereocenters. The van der Waals surface area contributed by atoms with E-state index in [0.29, 0.717) is 28.6 Å². The van der Waals surface area contributed by atoms with Crippen LogP contribution in [0.1, 0.15) is 27.9 Å². The summed E-state index contributed by atoms with van der Waals surface area (Å²) in [4.78, 5) is 29.5. The van der Waals surface area contributed by atoms with Crippen LogP contribution in [0.5, 0.6) is 0 Å². The van der Waals surface area contributed by atoms with E-state index in [9.17, 15) is 9.59 Å². The first-order valence-corrected chi connectivity index (χ1v) is 12.2. The Morgan fingerprint density at radius 1 is 1.34 bits per heavy atom.